The van der Waals surface area contributed by atoms with Crippen LogP contribution in [0.3, 0.4) is 0 Å². The summed E-state index contributed by atoms with van der Waals surface area (Å²) in [5.41, 5.74) is 0.123. The number of halogens is 2. The lowest BCUT2D eigenvalue weighted by molar-refractivity contribution is 0.0922. The Labute approximate surface area is 153 Å². The van der Waals surface area contributed by atoms with Crippen molar-refractivity contribution >= 4 is 29.0 Å². The summed E-state index contributed by atoms with van der Waals surface area (Å²) in [6.45, 7) is 1.49. The molecule has 1 saturated heterocycles. The highest BCUT2D eigenvalue weighted by molar-refractivity contribution is 6.30. The number of aromatic nitrogens is 4. The quantitative estimate of drug-likeness (QED) is 0.761. The molecule has 9 heteroatoms. The number of rotatable bonds is 3. The maximum Gasteiger partial charge on any atom is 0.274 e. The van der Waals surface area contributed by atoms with E-state index in [2.05, 4.69) is 25.2 Å². The molecule has 3 aromatic rings. The van der Waals surface area contributed by atoms with Crippen LogP contribution in [-0.4, -0.2) is 44.4 Å². The van der Waals surface area contributed by atoms with Crippen molar-refractivity contribution in [3.8, 4) is 0 Å². The summed E-state index contributed by atoms with van der Waals surface area (Å²) in [6.07, 6.45) is 7.88. The van der Waals surface area contributed by atoms with Crippen LogP contribution >= 0.6 is 11.6 Å². The van der Waals surface area contributed by atoms with Crippen LogP contribution in [0.15, 0.2) is 36.9 Å². The number of fused-ring (bicyclic) bond motifs is 1. The van der Waals surface area contributed by atoms with Gasteiger partial charge in [0, 0.05) is 37.7 Å². The summed E-state index contributed by atoms with van der Waals surface area (Å²) in [4.78, 5) is 27.0. The molecule has 0 aromatic carbocycles. The molecule has 4 rings (SSSR count). The monoisotopic (exact) mass is 374 g/mol. The minimum atomic E-state index is -0.711. The molecular weight excluding hydrogens is 359 g/mol. The summed E-state index contributed by atoms with van der Waals surface area (Å²) in [5.74, 6) is -0.405. The lowest BCUT2D eigenvalue weighted by Crippen LogP contribution is -2.45. The Morgan fingerprint density at radius 2 is 2.08 bits per heavy atom. The van der Waals surface area contributed by atoms with Gasteiger partial charge in [-0.05, 0) is 25.0 Å². The molecule has 1 aliphatic rings. The predicted octanol–water partition coefficient (Wildman–Crippen LogP) is 2.32. The second-order valence-electron chi connectivity index (χ2n) is 6.13. The van der Waals surface area contributed by atoms with E-state index in [1.54, 1.807) is 30.7 Å². The van der Waals surface area contributed by atoms with Crippen LogP contribution in [0.4, 0.5) is 10.2 Å². The van der Waals surface area contributed by atoms with E-state index in [0.717, 1.165) is 31.7 Å². The Kier molecular flexibility index (Phi) is 4.42. The zero-order valence-electron chi connectivity index (χ0n) is 13.8. The molecule has 0 aliphatic carbocycles. The molecule has 4 heterocycles. The minimum absolute atomic E-state index is 0.0387. The van der Waals surface area contributed by atoms with Crippen molar-refractivity contribution in [1.82, 2.24) is 24.7 Å². The summed E-state index contributed by atoms with van der Waals surface area (Å²) >= 11 is 5.87. The highest BCUT2D eigenvalue weighted by atomic mass is 35.5. The van der Waals surface area contributed by atoms with Gasteiger partial charge in [0.25, 0.3) is 5.91 Å². The van der Waals surface area contributed by atoms with Crippen LogP contribution in [0.2, 0.25) is 5.02 Å². The van der Waals surface area contributed by atoms with E-state index >= 15 is 0 Å². The van der Waals surface area contributed by atoms with Crippen LogP contribution < -0.4 is 10.2 Å². The number of pyridine rings is 1. The molecule has 0 saturated carbocycles. The topological polar surface area (TPSA) is 75.4 Å². The van der Waals surface area contributed by atoms with Crippen molar-refractivity contribution in [1.29, 1.82) is 0 Å². The van der Waals surface area contributed by atoms with Crippen molar-refractivity contribution < 1.29 is 9.18 Å². The van der Waals surface area contributed by atoms with E-state index in [4.69, 9.17) is 11.6 Å². The van der Waals surface area contributed by atoms with Crippen molar-refractivity contribution in [3.05, 3.63) is 53.6 Å². The van der Waals surface area contributed by atoms with Gasteiger partial charge in [0.2, 0.25) is 5.95 Å². The Morgan fingerprint density at radius 3 is 2.81 bits per heavy atom. The highest BCUT2D eigenvalue weighted by Gasteiger charge is 2.25. The van der Waals surface area contributed by atoms with Gasteiger partial charge in [0.1, 0.15) is 11.5 Å². The van der Waals surface area contributed by atoms with Gasteiger partial charge in [0.05, 0.1) is 11.2 Å². The molecule has 0 atom stereocenters. The smallest absolute Gasteiger partial charge is 0.274 e. The second-order valence-corrected chi connectivity index (χ2v) is 6.56. The average Bonchev–Trinajstić information content (AvgIpc) is 2.99. The molecule has 0 spiro atoms. The lowest BCUT2D eigenvalue weighted by atomic mass is 10.0. The molecule has 1 fully saturated rings. The molecule has 1 aliphatic heterocycles. The molecular formula is C17H16ClFN6O. The zero-order valence-corrected chi connectivity index (χ0v) is 14.5. The number of carbonyl (C=O) groups is 1. The third kappa shape index (κ3) is 3.20. The fraction of sp³-hybridized carbons (Fsp3) is 0.294. The van der Waals surface area contributed by atoms with E-state index in [9.17, 15) is 9.18 Å². The summed E-state index contributed by atoms with van der Waals surface area (Å²) in [5, 5.41) is 3.25. The molecule has 1 amide bonds. The summed E-state index contributed by atoms with van der Waals surface area (Å²) in [6, 6.07) is 3.14. The Morgan fingerprint density at radius 1 is 1.27 bits per heavy atom. The third-order valence-electron chi connectivity index (χ3n) is 4.44. The molecule has 0 radical (unpaired) electrons. The first kappa shape index (κ1) is 16.7. The van der Waals surface area contributed by atoms with Gasteiger partial charge in [-0.3, -0.25) is 14.2 Å². The van der Waals surface area contributed by atoms with E-state index < -0.39 is 11.9 Å². The number of nitrogens with one attached hydrogen (secondary N) is 1. The van der Waals surface area contributed by atoms with Gasteiger partial charge in [-0.1, -0.05) is 11.6 Å². The fourth-order valence-corrected chi connectivity index (χ4v) is 3.26. The predicted molar refractivity (Wildman–Crippen MR) is 94.9 cm³/mol. The highest BCUT2D eigenvalue weighted by Crippen LogP contribution is 2.18. The molecule has 7 nitrogen and oxygen atoms in total. The van der Waals surface area contributed by atoms with Crippen molar-refractivity contribution in [2.45, 2.75) is 18.9 Å². The number of imidazole rings is 1. The number of amides is 1. The van der Waals surface area contributed by atoms with E-state index in [0.29, 0.717) is 10.7 Å². The second kappa shape index (κ2) is 6.87. The molecule has 3 aromatic heterocycles. The first-order valence-corrected chi connectivity index (χ1v) is 8.64. The van der Waals surface area contributed by atoms with Gasteiger partial charge in [-0.15, -0.1) is 0 Å². The molecule has 134 valence electrons. The van der Waals surface area contributed by atoms with Crippen molar-refractivity contribution in [2.75, 3.05) is 18.0 Å². The molecule has 0 unspecified atom stereocenters. The van der Waals surface area contributed by atoms with Crippen LogP contribution in [0.25, 0.3) is 5.65 Å². The standard InChI is InChI=1S/C17H16ClFN6O/c18-11-1-2-13-23-15(16(19)25(13)10-11)17(26)22-12-3-7-24(8-4-12)14-9-20-5-6-21-14/h1-2,5-6,9-10,12H,3-4,7-8H2,(H,22,26). The minimum Gasteiger partial charge on any atom is -0.355 e. The number of nitrogens with zero attached hydrogens (tertiary/aromatic N) is 5. The number of carbonyl (C=O) groups excluding carboxylic acids is 1. The number of anilines is 1. The van der Waals surface area contributed by atoms with Gasteiger partial charge < -0.3 is 10.2 Å². The zero-order chi connectivity index (χ0) is 18.1. The van der Waals surface area contributed by atoms with Gasteiger partial charge in [-0.25, -0.2) is 9.97 Å². The fourth-order valence-electron chi connectivity index (χ4n) is 3.10. The average molecular weight is 375 g/mol. The maximum absolute atomic E-state index is 14.5. The number of piperidine rings is 1. The SMILES string of the molecule is O=C(NC1CCN(c2cnccn2)CC1)c1nc2ccc(Cl)cn2c1F. The van der Waals surface area contributed by atoms with Gasteiger partial charge >= 0.3 is 0 Å². The largest absolute Gasteiger partial charge is 0.355 e. The normalized spacial score (nSPS) is 15.4. The maximum atomic E-state index is 14.5. The van der Waals surface area contributed by atoms with Crippen LogP contribution in [0.5, 0.6) is 0 Å². The molecule has 0 bridgehead atoms. The van der Waals surface area contributed by atoms with Gasteiger partial charge in [-0.2, -0.15) is 4.39 Å². The van der Waals surface area contributed by atoms with Crippen LogP contribution in [0, 0.1) is 5.95 Å². The Balaban J connectivity index is 1.42. The van der Waals surface area contributed by atoms with Crippen molar-refractivity contribution in [3.63, 3.8) is 0 Å². The Hall–Kier alpha value is -2.74. The van der Waals surface area contributed by atoms with Crippen LogP contribution in [0.1, 0.15) is 23.3 Å². The van der Waals surface area contributed by atoms with E-state index in [1.807, 2.05) is 0 Å². The van der Waals surface area contributed by atoms with E-state index in [1.165, 1.54) is 10.6 Å². The van der Waals surface area contributed by atoms with Gasteiger partial charge in [0.15, 0.2) is 5.69 Å². The first-order chi connectivity index (χ1) is 12.6. The first-order valence-electron chi connectivity index (χ1n) is 8.27. The summed E-state index contributed by atoms with van der Waals surface area (Å²) < 4.78 is 15.6. The third-order valence-corrected chi connectivity index (χ3v) is 4.67. The van der Waals surface area contributed by atoms with Crippen LogP contribution in [-0.2, 0) is 0 Å². The number of hydrogen-bond donors (Lipinski definition) is 1. The Bertz CT molecular complexity index is 939. The van der Waals surface area contributed by atoms with E-state index in [-0.39, 0.29) is 11.7 Å². The lowest BCUT2D eigenvalue weighted by Gasteiger charge is -2.32. The molecule has 1 N–H and O–H groups in total. The summed E-state index contributed by atoms with van der Waals surface area (Å²) in [7, 11) is 0. The number of hydrogen-bond acceptors (Lipinski definition) is 5. The molecule has 26 heavy (non-hydrogen) atoms. The van der Waals surface area contributed by atoms with Crippen molar-refractivity contribution in [2.24, 2.45) is 0 Å².